The van der Waals surface area contributed by atoms with E-state index in [1.54, 1.807) is 28.8 Å². The third kappa shape index (κ3) is 5.41. The summed E-state index contributed by atoms with van der Waals surface area (Å²) in [6, 6.07) is 14.3. The van der Waals surface area contributed by atoms with Crippen molar-refractivity contribution in [3.8, 4) is 11.1 Å². The van der Waals surface area contributed by atoms with Crippen molar-refractivity contribution in [2.24, 2.45) is 5.92 Å². The molecule has 2 aromatic rings. The van der Waals surface area contributed by atoms with Crippen LogP contribution in [0.15, 0.2) is 48.5 Å². The number of carbonyl (C=O) groups is 3. The third-order valence-electron chi connectivity index (χ3n) is 6.11. The highest BCUT2D eigenvalue weighted by atomic mass is 32.2. The summed E-state index contributed by atoms with van der Waals surface area (Å²) in [6.45, 7) is 3.68. The minimum absolute atomic E-state index is 0.0586. The van der Waals surface area contributed by atoms with Gasteiger partial charge in [-0.05, 0) is 48.4 Å². The Labute approximate surface area is 199 Å². The minimum Gasteiger partial charge on any atom is -0.354 e. The quantitative estimate of drug-likeness (QED) is 0.708. The summed E-state index contributed by atoms with van der Waals surface area (Å²) in [5.41, 5.74) is 2.52. The highest BCUT2D eigenvalue weighted by Crippen LogP contribution is 2.37. The Morgan fingerprint density at radius 3 is 2.33 bits per heavy atom. The molecule has 1 aliphatic carbocycles. The number of fused-ring (bicyclic) bond motifs is 3. The van der Waals surface area contributed by atoms with Gasteiger partial charge in [-0.2, -0.15) is 11.8 Å². The second-order valence-electron chi connectivity index (χ2n) is 8.53. The molecule has 0 radical (unpaired) electrons. The van der Waals surface area contributed by atoms with Gasteiger partial charge in [-0.3, -0.25) is 14.4 Å². The van der Waals surface area contributed by atoms with Crippen LogP contribution in [0, 0.1) is 5.92 Å². The average molecular weight is 466 g/mol. The Bertz CT molecular complexity index is 1020. The molecular weight excluding hydrogens is 434 g/mol. The maximum atomic E-state index is 14.0. The van der Waals surface area contributed by atoms with E-state index in [0.29, 0.717) is 42.1 Å². The third-order valence-corrected chi connectivity index (χ3v) is 7.07. The van der Waals surface area contributed by atoms with Gasteiger partial charge in [-0.1, -0.05) is 43.3 Å². The Balaban J connectivity index is 1.78. The van der Waals surface area contributed by atoms with Crippen LogP contribution in [0.1, 0.15) is 46.9 Å². The maximum Gasteiger partial charge on any atom is 0.255 e. The van der Waals surface area contributed by atoms with Gasteiger partial charge in [0.15, 0.2) is 0 Å². The molecule has 1 unspecified atom stereocenters. The molecule has 2 N–H and O–H groups in total. The zero-order chi connectivity index (χ0) is 23.2. The second-order valence-corrected chi connectivity index (χ2v) is 9.76. The largest absolute Gasteiger partial charge is 0.354 e. The molecule has 7 heteroatoms. The Morgan fingerprint density at radius 1 is 1.03 bits per heavy atom. The van der Waals surface area contributed by atoms with E-state index >= 15 is 0 Å². The van der Waals surface area contributed by atoms with Crippen LogP contribution < -0.4 is 10.6 Å². The molecule has 1 atom stereocenters. The molecule has 1 saturated carbocycles. The molecule has 1 heterocycles. The van der Waals surface area contributed by atoms with Crippen LogP contribution in [0.2, 0.25) is 0 Å². The highest BCUT2D eigenvalue weighted by Gasteiger charge is 2.42. The van der Waals surface area contributed by atoms with E-state index in [2.05, 4.69) is 10.6 Å². The molecule has 0 spiro atoms. The summed E-state index contributed by atoms with van der Waals surface area (Å²) in [5, 5.41) is 6.02. The van der Waals surface area contributed by atoms with Crippen molar-refractivity contribution in [1.82, 2.24) is 15.5 Å². The van der Waals surface area contributed by atoms with Crippen molar-refractivity contribution in [3.63, 3.8) is 0 Å². The van der Waals surface area contributed by atoms with Crippen molar-refractivity contribution in [2.45, 2.75) is 32.2 Å². The fourth-order valence-corrected chi connectivity index (χ4v) is 5.09. The fourth-order valence-electron chi connectivity index (χ4n) is 4.31. The number of benzene rings is 2. The molecular formula is C26H31N3O3S. The molecule has 3 amide bonds. The molecule has 0 aromatic heterocycles. The number of nitrogens with one attached hydrogen (secondary N) is 2. The second kappa shape index (κ2) is 10.9. The van der Waals surface area contributed by atoms with Crippen molar-refractivity contribution >= 4 is 29.5 Å². The Kier molecular flexibility index (Phi) is 7.70. The van der Waals surface area contributed by atoms with Crippen LogP contribution in [-0.4, -0.2) is 59.8 Å². The van der Waals surface area contributed by atoms with Crippen LogP contribution in [0.3, 0.4) is 0 Å². The van der Waals surface area contributed by atoms with Gasteiger partial charge >= 0.3 is 0 Å². The first-order valence-electron chi connectivity index (χ1n) is 11.7. The normalized spacial score (nSPS) is 18.0. The minimum atomic E-state index is -0.460. The first-order chi connectivity index (χ1) is 16.1. The summed E-state index contributed by atoms with van der Waals surface area (Å²) < 4.78 is 0. The van der Waals surface area contributed by atoms with Crippen LogP contribution in [0.5, 0.6) is 0 Å². The molecule has 4 rings (SSSR count). The van der Waals surface area contributed by atoms with Crippen molar-refractivity contribution in [2.75, 3.05) is 31.1 Å². The lowest BCUT2D eigenvalue weighted by Gasteiger charge is -2.32. The SMILES string of the molecule is CCCNC(=O)C(C1CC1)N1CCSCCNC(=O)c2ccccc2-c2ccccc2C1=O. The molecule has 1 aliphatic heterocycles. The first-order valence-corrected chi connectivity index (χ1v) is 12.9. The molecule has 0 bridgehead atoms. The van der Waals surface area contributed by atoms with Crippen molar-refractivity contribution < 1.29 is 14.4 Å². The van der Waals surface area contributed by atoms with Gasteiger partial charge < -0.3 is 15.5 Å². The molecule has 6 nitrogen and oxygen atoms in total. The standard InChI is InChI=1S/C26H31N3O3S/c1-2-13-27-25(31)23(18-11-12-18)29-15-17-33-16-14-28-24(30)21-9-5-3-7-19(21)20-8-4-6-10-22(20)26(29)32/h3-10,18,23H,2,11-17H2,1H3,(H,27,31)(H,28,30). The average Bonchev–Trinajstić information content (AvgIpc) is 3.68. The molecule has 2 aromatic carbocycles. The zero-order valence-corrected chi connectivity index (χ0v) is 19.8. The summed E-state index contributed by atoms with van der Waals surface area (Å²) in [7, 11) is 0. The van der Waals surface area contributed by atoms with E-state index in [1.165, 1.54) is 0 Å². The number of hydrogen-bond acceptors (Lipinski definition) is 4. The van der Waals surface area contributed by atoms with Gasteiger partial charge in [-0.25, -0.2) is 0 Å². The van der Waals surface area contributed by atoms with Crippen molar-refractivity contribution in [3.05, 3.63) is 59.7 Å². The van der Waals surface area contributed by atoms with Crippen LogP contribution in [0.25, 0.3) is 11.1 Å². The zero-order valence-electron chi connectivity index (χ0n) is 19.0. The number of carbonyl (C=O) groups excluding carboxylic acids is 3. The van der Waals surface area contributed by atoms with Crippen LogP contribution in [-0.2, 0) is 4.79 Å². The van der Waals surface area contributed by atoms with Crippen LogP contribution in [0.4, 0.5) is 0 Å². The topological polar surface area (TPSA) is 78.5 Å². The maximum absolute atomic E-state index is 14.0. The number of hydrogen-bond donors (Lipinski definition) is 2. The van der Waals surface area contributed by atoms with E-state index < -0.39 is 6.04 Å². The van der Waals surface area contributed by atoms with Crippen molar-refractivity contribution in [1.29, 1.82) is 0 Å². The van der Waals surface area contributed by atoms with Gasteiger partial charge in [0.05, 0.1) is 0 Å². The smallest absolute Gasteiger partial charge is 0.255 e. The Morgan fingerprint density at radius 2 is 1.67 bits per heavy atom. The first kappa shape index (κ1) is 23.4. The molecule has 0 saturated heterocycles. The lowest BCUT2D eigenvalue weighted by atomic mass is 9.93. The van der Waals surface area contributed by atoms with Gasteiger partial charge in [-0.15, -0.1) is 0 Å². The van der Waals surface area contributed by atoms with E-state index in [-0.39, 0.29) is 23.6 Å². The highest BCUT2D eigenvalue weighted by molar-refractivity contribution is 7.99. The predicted octanol–water partition coefficient (Wildman–Crippen LogP) is 3.58. The van der Waals surface area contributed by atoms with E-state index in [1.807, 2.05) is 43.3 Å². The summed E-state index contributed by atoms with van der Waals surface area (Å²) in [5.74, 6) is 1.31. The lowest BCUT2D eigenvalue weighted by Crippen LogP contribution is -2.52. The summed E-state index contributed by atoms with van der Waals surface area (Å²) in [6.07, 6.45) is 2.78. The van der Waals surface area contributed by atoms with Crippen LogP contribution >= 0.6 is 11.8 Å². The Hall–Kier alpha value is -2.80. The van der Waals surface area contributed by atoms with Gasteiger partial charge in [0.2, 0.25) is 5.91 Å². The summed E-state index contributed by atoms with van der Waals surface area (Å²) in [4.78, 5) is 41.8. The lowest BCUT2D eigenvalue weighted by molar-refractivity contribution is -0.126. The number of rotatable bonds is 5. The number of amides is 3. The monoisotopic (exact) mass is 465 g/mol. The molecule has 1 fully saturated rings. The van der Waals surface area contributed by atoms with E-state index in [4.69, 9.17) is 0 Å². The predicted molar refractivity (Wildman–Crippen MR) is 132 cm³/mol. The van der Waals surface area contributed by atoms with E-state index in [9.17, 15) is 14.4 Å². The summed E-state index contributed by atoms with van der Waals surface area (Å²) >= 11 is 1.68. The molecule has 174 valence electrons. The molecule has 2 aliphatic rings. The van der Waals surface area contributed by atoms with Gasteiger partial charge in [0.1, 0.15) is 6.04 Å². The number of nitrogens with zero attached hydrogens (tertiary/aromatic N) is 1. The van der Waals surface area contributed by atoms with E-state index in [0.717, 1.165) is 30.6 Å². The molecule has 33 heavy (non-hydrogen) atoms. The van der Waals surface area contributed by atoms with Gasteiger partial charge in [0, 0.05) is 42.3 Å². The number of thioether (sulfide) groups is 1. The fraction of sp³-hybridized carbons (Fsp3) is 0.423. The van der Waals surface area contributed by atoms with Gasteiger partial charge in [0.25, 0.3) is 11.8 Å².